The molecular weight excluding hydrogens is 422 g/mol. The van der Waals surface area contributed by atoms with Crippen molar-refractivity contribution in [2.24, 2.45) is 0 Å². The van der Waals surface area contributed by atoms with Crippen molar-refractivity contribution >= 4 is 44.3 Å². The Hall–Kier alpha value is -2.38. The van der Waals surface area contributed by atoms with Gasteiger partial charge >= 0.3 is 0 Å². The van der Waals surface area contributed by atoms with Gasteiger partial charge in [0.25, 0.3) is 11.5 Å². The normalized spacial score (nSPS) is 10.7. The van der Waals surface area contributed by atoms with Crippen LogP contribution in [0, 0.1) is 0 Å². The van der Waals surface area contributed by atoms with Crippen LogP contribution in [-0.2, 0) is 11.3 Å². The van der Waals surface area contributed by atoms with Crippen LogP contribution in [0.2, 0.25) is 5.02 Å². The van der Waals surface area contributed by atoms with Gasteiger partial charge in [-0.2, -0.15) is 0 Å². The highest BCUT2D eigenvalue weighted by molar-refractivity contribution is 9.10. The molecule has 8 heteroatoms. The molecule has 0 aliphatic rings. The minimum absolute atomic E-state index is 0.144. The zero-order valence-electron chi connectivity index (χ0n) is 13.8. The van der Waals surface area contributed by atoms with Crippen LogP contribution in [0.3, 0.4) is 0 Å². The molecule has 134 valence electrons. The standard InChI is InChI=1S/C18H15BrClN3O3/c1-23(17(24)10-26-15-7-6-11(20)8-13(15)19)9-16-21-14-5-3-2-4-12(14)18(25)22-16/h2-8H,9-10H2,1H3,(H,21,22,25). The molecule has 1 N–H and O–H groups in total. The number of para-hydroxylation sites is 1. The highest BCUT2D eigenvalue weighted by Gasteiger charge is 2.13. The summed E-state index contributed by atoms with van der Waals surface area (Å²) in [6.07, 6.45) is 0. The van der Waals surface area contributed by atoms with Crippen molar-refractivity contribution in [1.29, 1.82) is 0 Å². The molecule has 2 aromatic carbocycles. The summed E-state index contributed by atoms with van der Waals surface area (Å²) in [6.45, 7) is 0.0264. The molecule has 0 aliphatic carbocycles. The lowest BCUT2D eigenvalue weighted by Crippen LogP contribution is -2.32. The fourth-order valence-electron chi connectivity index (χ4n) is 2.36. The molecule has 1 heterocycles. The van der Waals surface area contributed by atoms with Crippen molar-refractivity contribution in [3.05, 3.63) is 68.1 Å². The second-order valence-electron chi connectivity index (χ2n) is 5.64. The van der Waals surface area contributed by atoms with E-state index in [-0.39, 0.29) is 24.6 Å². The number of amides is 1. The van der Waals surface area contributed by atoms with E-state index < -0.39 is 0 Å². The largest absolute Gasteiger partial charge is 0.483 e. The first kappa shape index (κ1) is 18.4. The van der Waals surface area contributed by atoms with E-state index in [0.717, 1.165) is 0 Å². The molecule has 0 unspecified atom stereocenters. The maximum absolute atomic E-state index is 12.3. The van der Waals surface area contributed by atoms with Gasteiger partial charge in [0, 0.05) is 12.1 Å². The first-order valence-electron chi connectivity index (χ1n) is 7.74. The topological polar surface area (TPSA) is 75.3 Å². The zero-order chi connectivity index (χ0) is 18.7. The summed E-state index contributed by atoms with van der Waals surface area (Å²) in [5, 5.41) is 1.08. The van der Waals surface area contributed by atoms with Crippen molar-refractivity contribution < 1.29 is 9.53 Å². The number of nitrogens with one attached hydrogen (secondary N) is 1. The van der Waals surface area contributed by atoms with Crippen LogP contribution in [0.5, 0.6) is 5.75 Å². The summed E-state index contributed by atoms with van der Waals surface area (Å²) in [4.78, 5) is 32.9. The Labute approximate surface area is 162 Å². The van der Waals surface area contributed by atoms with Gasteiger partial charge in [-0.3, -0.25) is 9.59 Å². The molecule has 0 bridgehead atoms. The summed E-state index contributed by atoms with van der Waals surface area (Å²) < 4.78 is 6.18. The van der Waals surface area contributed by atoms with Crippen LogP contribution in [0.1, 0.15) is 5.82 Å². The number of rotatable bonds is 5. The predicted molar refractivity (Wildman–Crippen MR) is 103 cm³/mol. The van der Waals surface area contributed by atoms with Crippen LogP contribution in [-0.4, -0.2) is 34.4 Å². The molecule has 0 saturated heterocycles. The first-order valence-corrected chi connectivity index (χ1v) is 8.91. The van der Waals surface area contributed by atoms with E-state index >= 15 is 0 Å². The second kappa shape index (κ2) is 7.88. The van der Waals surface area contributed by atoms with E-state index in [1.54, 1.807) is 43.4 Å². The van der Waals surface area contributed by atoms with Crippen LogP contribution in [0.15, 0.2) is 51.7 Å². The number of aromatic amines is 1. The summed E-state index contributed by atoms with van der Waals surface area (Å²) in [5.74, 6) is 0.688. The smallest absolute Gasteiger partial charge is 0.260 e. The fraction of sp³-hybridized carbons (Fsp3) is 0.167. The van der Waals surface area contributed by atoms with Gasteiger partial charge in [0.15, 0.2) is 6.61 Å². The monoisotopic (exact) mass is 435 g/mol. The summed E-state index contributed by atoms with van der Waals surface area (Å²) in [6, 6.07) is 12.1. The van der Waals surface area contributed by atoms with Gasteiger partial charge in [-0.05, 0) is 46.3 Å². The number of ether oxygens (including phenoxy) is 1. The lowest BCUT2D eigenvalue weighted by atomic mass is 10.2. The number of benzene rings is 2. The van der Waals surface area contributed by atoms with Crippen molar-refractivity contribution in [2.75, 3.05) is 13.7 Å². The van der Waals surface area contributed by atoms with Crippen molar-refractivity contribution in [1.82, 2.24) is 14.9 Å². The molecule has 0 atom stereocenters. The number of aromatic nitrogens is 2. The van der Waals surface area contributed by atoms with Crippen molar-refractivity contribution in [3.8, 4) is 5.75 Å². The molecule has 3 rings (SSSR count). The number of halogens is 2. The molecule has 26 heavy (non-hydrogen) atoms. The molecule has 0 aliphatic heterocycles. The molecule has 1 amide bonds. The van der Waals surface area contributed by atoms with E-state index in [1.165, 1.54) is 4.90 Å². The van der Waals surface area contributed by atoms with Crippen LogP contribution < -0.4 is 10.3 Å². The van der Waals surface area contributed by atoms with Crippen LogP contribution in [0.25, 0.3) is 10.9 Å². The van der Waals surface area contributed by atoms with Gasteiger partial charge in [-0.25, -0.2) is 4.98 Å². The minimum Gasteiger partial charge on any atom is -0.483 e. The molecule has 3 aromatic rings. The predicted octanol–water partition coefficient (Wildman–Crippen LogP) is 3.38. The molecule has 6 nitrogen and oxygen atoms in total. The van der Waals surface area contributed by atoms with Crippen LogP contribution >= 0.6 is 27.5 Å². The maximum atomic E-state index is 12.3. The Balaban J connectivity index is 1.66. The summed E-state index contributed by atoms with van der Waals surface area (Å²) in [5.41, 5.74) is 0.362. The molecular formula is C18H15BrClN3O3. The Morgan fingerprint density at radius 1 is 1.31 bits per heavy atom. The van der Waals surface area contributed by atoms with Crippen LogP contribution in [0.4, 0.5) is 0 Å². The second-order valence-corrected chi connectivity index (χ2v) is 6.93. The maximum Gasteiger partial charge on any atom is 0.260 e. The zero-order valence-corrected chi connectivity index (χ0v) is 16.2. The number of H-pyrrole nitrogens is 1. The molecule has 0 fully saturated rings. The average Bonchev–Trinajstić information content (AvgIpc) is 2.60. The lowest BCUT2D eigenvalue weighted by Gasteiger charge is -2.17. The van der Waals surface area contributed by atoms with Gasteiger partial charge in [0.05, 0.1) is 21.9 Å². The Bertz CT molecular complexity index is 1020. The van der Waals surface area contributed by atoms with E-state index in [9.17, 15) is 9.59 Å². The number of hydrogen-bond donors (Lipinski definition) is 1. The number of nitrogens with zero attached hydrogens (tertiary/aromatic N) is 2. The van der Waals surface area contributed by atoms with Gasteiger partial charge in [0.2, 0.25) is 0 Å². The lowest BCUT2D eigenvalue weighted by molar-refractivity contribution is -0.132. The van der Waals surface area contributed by atoms with E-state index in [2.05, 4.69) is 25.9 Å². The van der Waals surface area contributed by atoms with Gasteiger partial charge in [-0.1, -0.05) is 23.7 Å². The average molecular weight is 437 g/mol. The van der Waals surface area contributed by atoms with E-state index in [4.69, 9.17) is 16.3 Å². The highest BCUT2D eigenvalue weighted by Crippen LogP contribution is 2.27. The van der Waals surface area contributed by atoms with Gasteiger partial charge in [-0.15, -0.1) is 0 Å². The quantitative estimate of drug-likeness (QED) is 0.665. The Kier molecular flexibility index (Phi) is 5.58. The summed E-state index contributed by atoms with van der Waals surface area (Å²) in [7, 11) is 1.62. The third kappa shape index (κ3) is 4.23. The number of hydrogen-bond acceptors (Lipinski definition) is 4. The number of carbonyl (C=O) groups is 1. The molecule has 1 aromatic heterocycles. The molecule has 0 radical (unpaired) electrons. The highest BCUT2D eigenvalue weighted by atomic mass is 79.9. The summed E-state index contributed by atoms with van der Waals surface area (Å²) >= 11 is 9.21. The Morgan fingerprint density at radius 3 is 2.85 bits per heavy atom. The van der Waals surface area contributed by atoms with E-state index in [1.807, 2.05) is 6.07 Å². The first-order chi connectivity index (χ1) is 12.4. The molecule has 0 saturated carbocycles. The fourth-order valence-corrected chi connectivity index (χ4v) is 3.16. The Morgan fingerprint density at radius 2 is 2.08 bits per heavy atom. The minimum atomic E-state index is -0.248. The third-order valence-electron chi connectivity index (χ3n) is 3.72. The number of fused-ring (bicyclic) bond motifs is 1. The van der Waals surface area contributed by atoms with Gasteiger partial charge in [0.1, 0.15) is 11.6 Å². The number of carbonyl (C=O) groups excluding carboxylic acids is 1. The number of likely N-dealkylation sites (N-methyl/N-ethyl adjacent to an activating group) is 1. The molecule has 0 spiro atoms. The van der Waals surface area contributed by atoms with Gasteiger partial charge < -0.3 is 14.6 Å². The third-order valence-corrected chi connectivity index (χ3v) is 4.57. The van der Waals surface area contributed by atoms with E-state index in [0.29, 0.717) is 32.0 Å². The van der Waals surface area contributed by atoms with Crippen molar-refractivity contribution in [2.45, 2.75) is 6.54 Å². The van der Waals surface area contributed by atoms with Crippen molar-refractivity contribution in [3.63, 3.8) is 0 Å². The SMILES string of the molecule is CN(Cc1nc2ccccc2c(=O)[nH]1)C(=O)COc1ccc(Cl)cc1Br.